The maximum Gasteiger partial charge on any atom is 0.252 e. The van der Waals surface area contributed by atoms with E-state index in [0.29, 0.717) is 0 Å². The third-order valence-electron chi connectivity index (χ3n) is 18.7. The number of fused-ring (bicyclic) bond motifs is 7. The first kappa shape index (κ1) is 45.4. The van der Waals surface area contributed by atoms with Crippen molar-refractivity contribution in [3.05, 3.63) is 158 Å². The van der Waals surface area contributed by atoms with Crippen molar-refractivity contribution in [2.75, 3.05) is 9.80 Å². The molecule has 0 radical (unpaired) electrons. The third-order valence-corrected chi connectivity index (χ3v) is 18.7. The summed E-state index contributed by atoms with van der Waals surface area (Å²) in [6, 6.07) is 39.6. The Kier molecular flexibility index (Phi) is 9.55. The molecule has 0 fully saturated rings. The molecule has 2 aliphatic heterocycles. The number of nitrogens with zero attached hydrogens (tertiary/aromatic N) is 2. The Morgan fingerprint density at radius 2 is 0.809 bits per heavy atom. The summed E-state index contributed by atoms with van der Waals surface area (Å²) in [4.78, 5) is 5.47. The van der Waals surface area contributed by atoms with Crippen LogP contribution in [0.2, 0.25) is 0 Å². The van der Waals surface area contributed by atoms with Gasteiger partial charge < -0.3 is 9.80 Å². The van der Waals surface area contributed by atoms with Crippen molar-refractivity contribution < 1.29 is 0 Å². The molecule has 3 aliphatic carbocycles. The van der Waals surface area contributed by atoms with Crippen molar-refractivity contribution in [1.29, 1.82) is 0 Å². The minimum absolute atomic E-state index is 0.0524. The lowest BCUT2D eigenvalue weighted by molar-refractivity contribution is 0.332. The monoisotopic (exact) mass is 897 g/mol. The molecule has 6 aromatic rings. The van der Waals surface area contributed by atoms with Crippen LogP contribution in [0, 0.1) is 20.8 Å². The first-order chi connectivity index (χ1) is 31.6. The summed E-state index contributed by atoms with van der Waals surface area (Å²) in [6.07, 6.45) is 5.90. The van der Waals surface area contributed by atoms with Crippen LogP contribution >= 0.6 is 0 Å². The predicted molar refractivity (Wildman–Crippen MR) is 294 cm³/mol. The molecule has 0 spiro atoms. The Labute approximate surface area is 411 Å². The Morgan fingerprint density at radius 3 is 1.31 bits per heavy atom. The van der Waals surface area contributed by atoms with Gasteiger partial charge in [-0.3, -0.25) is 0 Å². The van der Waals surface area contributed by atoms with Gasteiger partial charge in [0.2, 0.25) is 0 Å². The van der Waals surface area contributed by atoms with E-state index in [4.69, 9.17) is 0 Å². The highest BCUT2D eigenvalue weighted by Gasteiger charge is 2.49. The van der Waals surface area contributed by atoms with Crippen LogP contribution in [0.4, 0.5) is 34.1 Å². The molecule has 11 rings (SSSR count). The largest absolute Gasteiger partial charge is 0.311 e. The zero-order chi connectivity index (χ0) is 48.6. The number of hydrogen-bond acceptors (Lipinski definition) is 2. The van der Waals surface area contributed by atoms with Gasteiger partial charge in [0.1, 0.15) is 0 Å². The Hall–Kier alpha value is -5.02. The van der Waals surface area contributed by atoms with Gasteiger partial charge in [-0.2, -0.15) is 0 Å². The number of hydrogen-bond donors (Lipinski definition) is 0. The summed E-state index contributed by atoms with van der Waals surface area (Å²) in [5.74, 6) is 0. The van der Waals surface area contributed by atoms with Crippen molar-refractivity contribution in [2.45, 2.75) is 188 Å². The molecule has 2 heterocycles. The molecule has 3 heteroatoms. The fraction of sp³-hybridized carbons (Fsp3) is 0.446. The highest BCUT2D eigenvalue weighted by molar-refractivity contribution is 7.00. The van der Waals surface area contributed by atoms with E-state index < -0.39 is 0 Å². The van der Waals surface area contributed by atoms with E-state index in [1.54, 1.807) is 0 Å². The number of aryl methyl sites for hydroxylation is 3. The van der Waals surface area contributed by atoms with E-state index in [9.17, 15) is 0 Å². The van der Waals surface area contributed by atoms with Gasteiger partial charge in [0.15, 0.2) is 0 Å². The van der Waals surface area contributed by atoms with Crippen molar-refractivity contribution in [3.8, 4) is 0 Å². The zero-order valence-corrected chi connectivity index (χ0v) is 44.7. The van der Waals surface area contributed by atoms with E-state index in [1.807, 2.05) is 0 Å². The second-order valence-corrected chi connectivity index (χ2v) is 26.9. The first-order valence-corrected chi connectivity index (χ1v) is 26.1. The minimum atomic E-state index is -0.208. The van der Waals surface area contributed by atoms with Crippen LogP contribution in [0.5, 0.6) is 0 Å². The van der Waals surface area contributed by atoms with Crippen LogP contribution in [-0.2, 0) is 37.9 Å². The standard InChI is InChI=1S/C65H77BN2/c1-39-29-56-58-57(30-39)68(53-36-49-45(32-41(53)3)63(12,13)38-64(49,14)15)55-37-48-46(60(6,7)26-28-62(48,10)11)34-51(55)66(58)50-24-23-43(65(16,17)42-21-19-18-20-22-42)33-54(50)67(56)52-35-47-44(31-40(52)2)59(4,5)25-27-61(47,8)9/h18-24,29-37H,25-28,38H2,1-17H3. The average Bonchev–Trinajstić information content (AvgIpc) is 3.44. The summed E-state index contributed by atoms with van der Waals surface area (Å²) in [5, 5.41) is 0. The fourth-order valence-corrected chi connectivity index (χ4v) is 14.4. The Balaban J connectivity index is 1.26. The van der Waals surface area contributed by atoms with Crippen LogP contribution in [0.25, 0.3) is 0 Å². The van der Waals surface area contributed by atoms with Gasteiger partial charge in [-0.25, -0.2) is 0 Å². The average molecular weight is 897 g/mol. The summed E-state index contributed by atoms with van der Waals surface area (Å²) in [7, 11) is 0. The highest BCUT2D eigenvalue weighted by atomic mass is 15.2. The summed E-state index contributed by atoms with van der Waals surface area (Å²) < 4.78 is 0. The molecular weight excluding hydrogens is 820 g/mol. The van der Waals surface area contributed by atoms with E-state index in [-0.39, 0.29) is 44.6 Å². The van der Waals surface area contributed by atoms with Crippen molar-refractivity contribution in [2.24, 2.45) is 0 Å². The Morgan fingerprint density at radius 1 is 0.397 bits per heavy atom. The Bertz CT molecular complexity index is 3120. The minimum Gasteiger partial charge on any atom is -0.311 e. The molecule has 0 unspecified atom stereocenters. The lowest BCUT2D eigenvalue weighted by Crippen LogP contribution is -2.62. The van der Waals surface area contributed by atoms with Gasteiger partial charge in [0.25, 0.3) is 6.71 Å². The second kappa shape index (κ2) is 14.3. The molecular formula is C65H77BN2. The summed E-state index contributed by atoms with van der Waals surface area (Å²) in [5.41, 5.74) is 28.2. The van der Waals surface area contributed by atoms with Gasteiger partial charge >= 0.3 is 0 Å². The maximum atomic E-state index is 2.74. The van der Waals surface area contributed by atoms with Crippen molar-refractivity contribution in [1.82, 2.24) is 0 Å². The van der Waals surface area contributed by atoms with Crippen LogP contribution < -0.4 is 26.2 Å². The lowest BCUT2D eigenvalue weighted by atomic mass is 9.33. The fourth-order valence-electron chi connectivity index (χ4n) is 14.4. The second-order valence-electron chi connectivity index (χ2n) is 26.9. The van der Waals surface area contributed by atoms with Crippen LogP contribution in [0.15, 0.2) is 97.1 Å². The first-order valence-electron chi connectivity index (χ1n) is 26.1. The SMILES string of the molecule is Cc1cc2c3c(c1)N(c1cc4c(cc1C)C(C)(C)CC4(C)C)c1cc4c(cc1B3c1ccc(C(C)(C)c3ccccc3)cc1N2c1cc2c(cc1C)C(C)(C)CCC2(C)C)C(C)(C)CCC4(C)C. The molecule has 6 aromatic carbocycles. The molecule has 0 saturated carbocycles. The molecule has 68 heavy (non-hydrogen) atoms. The van der Waals surface area contributed by atoms with Crippen molar-refractivity contribution in [3.63, 3.8) is 0 Å². The zero-order valence-electron chi connectivity index (χ0n) is 44.7. The van der Waals surface area contributed by atoms with Gasteiger partial charge in [-0.05, 0) is 199 Å². The molecule has 0 saturated heterocycles. The third kappa shape index (κ3) is 6.48. The number of benzene rings is 6. The molecule has 5 aliphatic rings. The maximum absolute atomic E-state index is 2.74. The van der Waals surface area contributed by atoms with Crippen molar-refractivity contribution >= 4 is 57.2 Å². The molecule has 0 bridgehead atoms. The van der Waals surface area contributed by atoms with E-state index in [0.717, 1.165) is 6.42 Å². The molecule has 0 aromatic heterocycles. The highest BCUT2D eigenvalue weighted by Crippen LogP contribution is 2.56. The van der Waals surface area contributed by atoms with Gasteiger partial charge in [-0.15, -0.1) is 0 Å². The van der Waals surface area contributed by atoms with Gasteiger partial charge in [-0.1, -0.05) is 158 Å². The van der Waals surface area contributed by atoms with Gasteiger partial charge in [0, 0.05) is 39.5 Å². The summed E-state index contributed by atoms with van der Waals surface area (Å²) >= 11 is 0. The lowest BCUT2D eigenvalue weighted by Gasteiger charge is -2.48. The van der Waals surface area contributed by atoms with Gasteiger partial charge in [0.05, 0.1) is 0 Å². The smallest absolute Gasteiger partial charge is 0.252 e. The molecule has 0 amide bonds. The molecule has 350 valence electrons. The number of rotatable bonds is 4. The van der Waals surface area contributed by atoms with Crippen LogP contribution in [0.3, 0.4) is 0 Å². The van der Waals surface area contributed by atoms with E-state index in [2.05, 4.69) is 225 Å². The van der Waals surface area contributed by atoms with Crippen LogP contribution in [0.1, 0.15) is 190 Å². The normalized spacial score (nSPS) is 20.5. The molecule has 2 nitrogen and oxygen atoms in total. The topological polar surface area (TPSA) is 6.48 Å². The van der Waals surface area contributed by atoms with Crippen LogP contribution in [-0.4, -0.2) is 6.71 Å². The summed E-state index contributed by atoms with van der Waals surface area (Å²) in [6.45, 7) is 41.7. The number of anilines is 6. The van der Waals surface area contributed by atoms with E-state index in [1.165, 1.54) is 137 Å². The van der Waals surface area contributed by atoms with E-state index >= 15 is 0 Å². The molecule has 0 atom stereocenters. The quantitative estimate of drug-likeness (QED) is 0.162. The molecule has 0 N–H and O–H groups in total. The predicted octanol–water partition coefficient (Wildman–Crippen LogP) is 15.7.